The van der Waals surface area contributed by atoms with E-state index in [0.717, 1.165) is 18.3 Å². The summed E-state index contributed by atoms with van der Waals surface area (Å²) in [5.74, 6) is -0.467. The predicted octanol–water partition coefficient (Wildman–Crippen LogP) is 3.62. The molecule has 3 aromatic rings. The summed E-state index contributed by atoms with van der Waals surface area (Å²) in [4.78, 5) is 24.3. The minimum Gasteiger partial charge on any atom is -0.324 e. The van der Waals surface area contributed by atoms with E-state index in [1.807, 2.05) is 0 Å². The van der Waals surface area contributed by atoms with Gasteiger partial charge in [0.05, 0.1) is 17.3 Å². The van der Waals surface area contributed by atoms with Crippen LogP contribution < -0.4 is 10.7 Å². The monoisotopic (exact) mass is 361 g/mol. The number of aromatic nitrogens is 2. The smallest absolute Gasteiger partial charge is 0.324 e. The lowest BCUT2D eigenvalue weighted by Gasteiger charge is -2.17. The first-order chi connectivity index (χ1) is 12.3. The normalized spacial score (nSPS) is 12.8. The summed E-state index contributed by atoms with van der Waals surface area (Å²) < 4.78 is 39.2. The van der Waals surface area contributed by atoms with Crippen molar-refractivity contribution in [2.45, 2.75) is 19.1 Å². The topological polar surface area (TPSA) is 64.0 Å². The van der Waals surface area contributed by atoms with Crippen LogP contribution in [0.25, 0.3) is 10.9 Å². The maximum atomic E-state index is 12.6. The molecule has 3 rings (SSSR count). The van der Waals surface area contributed by atoms with Gasteiger partial charge < -0.3 is 5.32 Å². The number of benzene rings is 2. The fourth-order valence-corrected chi connectivity index (χ4v) is 2.54. The molecular formula is C18H14F3N3O2. The molecule has 0 saturated heterocycles. The maximum Gasteiger partial charge on any atom is 0.416 e. The average Bonchev–Trinajstić information content (AvgIpc) is 2.61. The molecule has 0 aliphatic carbocycles. The third-order valence-electron chi connectivity index (χ3n) is 3.94. The Labute approximate surface area is 146 Å². The van der Waals surface area contributed by atoms with Crippen molar-refractivity contribution in [1.29, 1.82) is 0 Å². The van der Waals surface area contributed by atoms with E-state index in [0.29, 0.717) is 10.9 Å². The minimum atomic E-state index is -4.44. The Kier molecular flexibility index (Phi) is 4.50. The molecule has 0 fully saturated rings. The third-order valence-corrected chi connectivity index (χ3v) is 3.94. The zero-order valence-corrected chi connectivity index (χ0v) is 13.6. The Balaban J connectivity index is 1.85. The van der Waals surface area contributed by atoms with Gasteiger partial charge in [0, 0.05) is 11.1 Å². The number of rotatable bonds is 3. The Morgan fingerprint density at radius 1 is 1.12 bits per heavy atom. The summed E-state index contributed by atoms with van der Waals surface area (Å²) in [5.41, 5.74) is -0.320. The SMILES string of the molecule is C[C@H](C(=O)Nc1ccc(C(F)(F)F)cc1)n1ncc(=O)c2ccccc21. The summed E-state index contributed by atoms with van der Waals surface area (Å²) in [5, 5.41) is 6.99. The van der Waals surface area contributed by atoms with Gasteiger partial charge in [-0.15, -0.1) is 0 Å². The van der Waals surface area contributed by atoms with Gasteiger partial charge in [0.25, 0.3) is 0 Å². The predicted molar refractivity (Wildman–Crippen MR) is 90.8 cm³/mol. The van der Waals surface area contributed by atoms with Gasteiger partial charge in [-0.05, 0) is 43.3 Å². The van der Waals surface area contributed by atoms with Gasteiger partial charge in [-0.2, -0.15) is 18.3 Å². The number of nitrogens with zero attached hydrogens (tertiary/aromatic N) is 2. The highest BCUT2D eigenvalue weighted by molar-refractivity contribution is 5.94. The Bertz CT molecular complexity index is 1010. The van der Waals surface area contributed by atoms with Crippen LogP contribution in [0.3, 0.4) is 0 Å². The molecule has 0 unspecified atom stereocenters. The Hall–Kier alpha value is -3.16. The molecule has 0 bridgehead atoms. The van der Waals surface area contributed by atoms with Crippen LogP contribution in [0.2, 0.25) is 0 Å². The van der Waals surface area contributed by atoms with E-state index in [-0.39, 0.29) is 11.1 Å². The van der Waals surface area contributed by atoms with Gasteiger partial charge in [0.15, 0.2) is 0 Å². The fourth-order valence-electron chi connectivity index (χ4n) is 2.54. The quantitative estimate of drug-likeness (QED) is 0.775. The molecule has 0 aliphatic heterocycles. The highest BCUT2D eigenvalue weighted by Gasteiger charge is 2.30. The van der Waals surface area contributed by atoms with Crippen molar-refractivity contribution in [3.05, 3.63) is 70.5 Å². The first-order valence-electron chi connectivity index (χ1n) is 7.72. The number of anilines is 1. The summed E-state index contributed by atoms with van der Waals surface area (Å²) in [6.07, 6.45) is -3.31. The number of carbonyl (C=O) groups is 1. The first-order valence-corrected chi connectivity index (χ1v) is 7.72. The average molecular weight is 361 g/mol. The molecule has 8 heteroatoms. The number of fused-ring (bicyclic) bond motifs is 1. The van der Waals surface area contributed by atoms with Crippen LogP contribution in [-0.4, -0.2) is 15.7 Å². The molecule has 1 N–H and O–H groups in total. The summed E-state index contributed by atoms with van der Waals surface area (Å²) in [6, 6.07) is 10.1. The first kappa shape index (κ1) is 17.7. The molecule has 0 radical (unpaired) electrons. The zero-order chi connectivity index (χ0) is 18.9. The molecule has 1 amide bonds. The third kappa shape index (κ3) is 3.44. The van der Waals surface area contributed by atoms with Crippen LogP contribution >= 0.6 is 0 Å². The van der Waals surface area contributed by atoms with Crippen molar-refractivity contribution < 1.29 is 18.0 Å². The Morgan fingerprint density at radius 2 is 1.77 bits per heavy atom. The van der Waals surface area contributed by atoms with Gasteiger partial charge in [-0.3, -0.25) is 14.3 Å². The second-order valence-electron chi connectivity index (χ2n) is 5.71. The van der Waals surface area contributed by atoms with E-state index in [9.17, 15) is 22.8 Å². The van der Waals surface area contributed by atoms with Crippen LogP contribution in [0.15, 0.2) is 59.5 Å². The molecule has 1 heterocycles. The number of nitrogens with one attached hydrogen (secondary N) is 1. The van der Waals surface area contributed by atoms with Crippen LogP contribution in [0.5, 0.6) is 0 Å². The largest absolute Gasteiger partial charge is 0.416 e. The second-order valence-corrected chi connectivity index (χ2v) is 5.71. The van der Waals surface area contributed by atoms with Gasteiger partial charge in [-0.25, -0.2) is 0 Å². The standard InChI is InChI=1S/C18H14F3N3O2/c1-11(24-15-5-3-2-4-14(15)16(25)10-22-24)17(26)23-13-8-6-12(7-9-13)18(19,20)21/h2-11H,1H3,(H,23,26)/t11-/m1/s1. The molecule has 134 valence electrons. The Morgan fingerprint density at radius 3 is 2.42 bits per heavy atom. The van der Waals surface area contributed by atoms with E-state index < -0.39 is 23.7 Å². The van der Waals surface area contributed by atoms with E-state index in [4.69, 9.17) is 0 Å². The number of halogens is 3. The molecule has 26 heavy (non-hydrogen) atoms. The highest BCUT2D eigenvalue weighted by atomic mass is 19.4. The van der Waals surface area contributed by atoms with Gasteiger partial charge in [0.2, 0.25) is 11.3 Å². The lowest BCUT2D eigenvalue weighted by atomic mass is 10.2. The van der Waals surface area contributed by atoms with Crippen LogP contribution in [-0.2, 0) is 11.0 Å². The zero-order valence-electron chi connectivity index (χ0n) is 13.6. The number of hydrogen-bond acceptors (Lipinski definition) is 3. The van der Waals surface area contributed by atoms with Crippen molar-refractivity contribution in [2.75, 3.05) is 5.32 Å². The summed E-state index contributed by atoms with van der Waals surface area (Å²) in [6.45, 7) is 1.59. The number of amides is 1. The van der Waals surface area contributed by atoms with Crippen molar-refractivity contribution in [3.8, 4) is 0 Å². The van der Waals surface area contributed by atoms with E-state index in [1.165, 1.54) is 16.8 Å². The van der Waals surface area contributed by atoms with E-state index in [1.54, 1.807) is 31.2 Å². The van der Waals surface area contributed by atoms with E-state index in [2.05, 4.69) is 10.4 Å². The van der Waals surface area contributed by atoms with Crippen LogP contribution in [0.4, 0.5) is 18.9 Å². The number of para-hydroxylation sites is 1. The molecule has 0 spiro atoms. The summed E-state index contributed by atoms with van der Waals surface area (Å²) >= 11 is 0. The van der Waals surface area contributed by atoms with E-state index >= 15 is 0 Å². The molecule has 1 atom stereocenters. The molecule has 5 nitrogen and oxygen atoms in total. The molecule has 2 aromatic carbocycles. The van der Waals surface area contributed by atoms with Crippen LogP contribution in [0.1, 0.15) is 18.5 Å². The molecule has 0 saturated carbocycles. The lowest BCUT2D eigenvalue weighted by molar-refractivity contribution is -0.137. The van der Waals surface area contributed by atoms with Crippen molar-refractivity contribution >= 4 is 22.5 Å². The van der Waals surface area contributed by atoms with Crippen LogP contribution in [0, 0.1) is 0 Å². The fraction of sp³-hybridized carbons (Fsp3) is 0.167. The number of carbonyl (C=O) groups excluding carboxylic acids is 1. The second kappa shape index (κ2) is 6.62. The van der Waals surface area contributed by atoms with Gasteiger partial charge in [0.1, 0.15) is 6.04 Å². The number of hydrogen-bond donors (Lipinski definition) is 1. The van der Waals surface area contributed by atoms with Crippen molar-refractivity contribution in [3.63, 3.8) is 0 Å². The molecule has 1 aromatic heterocycles. The number of alkyl halides is 3. The minimum absolute atomic E-state index is 0.236. The highest BCUT2D eigenvalue weighted by Crippen LogP contribution is 2.30. The van der Waals surface area contributed by atoms with Crippen molar-refractivity contribution in [1.82, 2.24) is 9.78 Å². The maximum absolute atomic E-state index is 12.6. The van der Waals surface area contributed by atoms with Gasteiger partial charge >= 0.3 is 6.18 Å². The van der Waals surface area contributed by atoms with Crippen molar-refractivity contribution in [2.24, 2.45) is 0 Å². The molecular weight excluding hydrogens is 347 g/mol. The molecule has 0 aliphatic rings. The summed E-state index contributed by atoms with van der Waals surface area (Å²) in [7, 11) is 0. The van der Waals surface area contributed by atoms with Gasteiger partial charge in [-0.1, -0.05) is 12.1 Å². The lowest BCUT2D eigenvalue weighted by Crippen LogP contribution is -2.26.